The van der Waals surface area contributed by atoms with Crippen LogP contribution >= 0.6 is 11.6 Å². The summed E-state index contributed by atoms with van der Waals surface area (Å²) in [6.45, 7) is 0. The van der Waals surface area contributed by atoms with E-state index in [2.05, 4.69) is 0 Å². The SMILES string of the molecule is COC(=O)c1cc(Cl)cc2c1CC=C2. The molecule has 0 saturated carbocycles. The van der Waals surface area contributed by atoms with Gasteiger partial charge in [-0.25, -0.2) is 4.79 Å². The van der Waals surface area contributed by atoms with Crippen LogP contribution in [-0.4, -0.2) is 13.1 Å². The Morgan fingerprint density at radius 1 is 1.50 bits per heavy atom. The second kappa shape index (κ2) is 3.46. The van der Waals surface area contributed by atoms with Gasteiger partial charge in [0, 0.05) is 5.02 Å². The molecule has 0 atom stereocenters. The molecule has 0 unspecified atom stereocenters. The minimum atomic E-state index is -0.326. The number of carbonyl (C=O) groups is 1. The van der Waals surface area contributed by atoms with Crippen LogP contribution in [0.25, 0.3) is 6.08 Å². The molecule has 1 aromatic carbocycles. The Morgan fingerprint density at radius 3 is 3.00 bits per heavy atom. The molecule has 0 aromatic heterocycles. The highest BCUT2D eigenvalue weighted by molar-refractivity contribution is 6.31. The van der Waals surface area contributed by atoms with Crippen LogP contribution in [-0.2, 0) is 11.2 Å². The van der Waals surface area contributed by atoms with Crippen molar-refractivity contribution in [3.05, 3.63) is 39.9 Å². The summed E-state index contributed by atoms with van der Waals surface area (Å²) in [5.74, 6) is -0.326. The number of esters is 1. The van der Waals surface area contributed by atoms with Crippen molar-refractivity contribution in [3.8, 4) is 0 Å². The molecule has 0 spiro atoms. The van der Waals surface area contributed by atoms with Gasteiger partial charge in [-0.05, 0) is 29.7 Å². The molecule has 0 N–H and O–H groups in total. The summed E-state index contributed by atoms with van der Waals surface area (Å²) in [5.41, 5.74) is 2.58. The second-order valence-electron chi connectivity index (χ2n) is 3.12. The van der Waals surface area contributed by atoms with Gasteiger partial charge in [-0.3, -0.25) is 0 Å². The summed E-state index contributed by atoms with van der Waals surface area (Å²) >= 11 is 5.89. The zero-order valence-corrected chi connectivity index (χ0v) is 8.47. The van der Waals surface area contributed by atoms with Crippen LogP contribution in [0.15, 0.2) is 18.2 Å². The molecule has 0 saturated heterocycles. The third-order valence-electron chi connectivity index (χ3n) is 2.27. The Hall–Kier alpha value is -1.28. The van der Waals surface area contributed by atoms with E-state index >= 15 is 0 Å². The van der Waals surface area contributed by atoms with Gasteiger partial charge in [0.25, 0.3) is 0 Å². The Balaban J connectivity index is 2.57. The fraction of sp³-hybridized carbons (Fsp3) is 0.182. The lowest BCUT2D eigenvalue weighted by atomic mass is 10.0. The Bertz CT molecular complexity index is 422. The first-order chi connectivity index (χ1) is 6.72. The highest BCUT2D eigenvalue weighted by Crippen LogP contribution is 2.27. The Kier molecular flexibility index (Phi) is 2.30. The molecule has 0 bridgehead atoms. The van der Waals surface area contributed by atoms with Crippen molar-refractivity contribution < 1.29 is 9.53 Å². The predicted octanol–water partition coefficient (Wildman–Crippen LogP) is 2.70. The van der Waals surface area contributed by atoms with Crippen LogP contribution in [0, 0.1) is 0 Å². The first-order valence-corrected chi connectivity index (χ1v) is 4.67. The fourth-order valence-electron chi connectivity index (χ4n) is 1.63. The average molecular weight is 209 g/mol. The van der Waals surface area contributed by atoms with Gasteiger partial charge in [-0.2, -0.15) is 0 Å². The first kappa shape index (κ1) is 9.28. The quantitative estimate of drug-likeness (QED) is 0.664. The Morgan fingerprint density at radius 2 is 2.29 bits per heavy atom. The van der Waals surface area contributed by atoms with Gasteiger partial charge in [-0.1, -0.05) is 23.8 Å². The van der Waals surface area contributed by atoms with Crippen molar-refractivity contribution in [2.75, 3.05) is 7.11 Å². The molecule has 2 nitrogen and oxygen atoms in total. The summed E-state index contributed by atoms with van der Waals surface area (Å²) in [5, 5.41) is 0.565. The van der Waals surface area contributed by atoms with Gasteiger partial charge < -0.3 is 4.74 Å². The number of methoxy groups -OCH3 is 1. The van der Waals surface area contributed by atoms with E-state index in [1.54, 1.807) is 6.07 Å². The zero-order valence-electron chi connectivity index (χ0n) is 7.71. The molecule has 1 aliphatic rings. The fourth-order valence-corrected chi connectivity index (χ4v) is 1.86. The van der Waals surface area contributed by atoms with E-state index in [1.165, 1.54) is 7.11 Å². The van der Waals surface area contributed by atoms with Crippen molar-refractivity contribution in [1.82, 2.24) is 0 Å². The number of halogens is 1. The average Bonchev–Trinajstić information content (AvgIpc) is 2.62. The summed E-state index contributed by atoms with van der Waals surface area (Å²) in [7, 11) is 1.37. The summed E-state index contributed by atoms with van der Waals surface area (Å²) in [6.07, 6.45) is 4.75. The zero-order chi connectivity index (χ0) is 10.1. The molecular formula is C11H9ClO2. The molecule has 14 heavy (non-hydrogen) atoms. The van der Waals surface area contributed by atoms with E-state index in [9.17, 15) is 4.79 Å². The van der Waals surface area contributed by atoms with Gasteiger partial charge in [0.1, 0.15) is 0 Å². The highest BCUT2D eigenvalue weighted by atomic mass is 35.5. The summed E-state index contributed by atoms with van der Waals surface area (Å²) in [4.78, 5) is 11.4. The molecule has 1 aliphatic carbocycles. The van der Waals surface area contributed by atoms with Crippen molar-refractivity contribution >= 4 is 23.6 Å². The largest absolute Gasteiger partial charge is 0.465 e. The third kappa shape index (κ3) is 1.42. The smallest absolute Gasteiger partial charge is 0.338 e. The molecule has 0 radical (unpaired) electrons. The predicted molar refractivity (Wildman–Crippen MR) is 55.5 cm³/mol. The molecule has 0 amide bonds. The highest BCUT2D eigenvalue weighted by Gasteiger charge is 2.17. The monoisotopic (exact) mass is 208 g/mol. The number of carbonyl (C=O) groups excluding carboxylic acids is 1. The number of hydrogen-bond acceptors (Lipinski definition) is 2. The molecule has 0 fully saturated rings. The molecule has 3 heteroatoms. The first-order valence-electron chi connectivity index (χ1n) is 4.29. The van der Waals surface area contributed by atoms with Gasteiger partial charge in [0.2, 0.25) is 0 Å². The van der Waals surface area contributed by atoms with Gasteiger partial charge in [0.05, 0.1) is 12.7 Å². The maximum atomic E-state index is 11.4. The standard InChI is InChI=1S/C11H9ClO2/c1-14-11(13)10-6-8(12)5-7-3-2-4-9(7)10/h2-3,5-6H,4H2,1H3. The van der Waals surface area contributed by atoms with Crippen molar-refractivity contribution in [2.24, 2.45) is 0 Å². The van der Waals surface area contributed by atoms with Crippen LogP contribution in [0.5, 0.6) is 0 Å². The van der Waals surface area contributed by atoms with Crippen LogP contribution in [0.2, 0.25) is 5.02 Å². The van der Waals surface area contributed by atoms with E-state index in [4.69, 9.17) is 16.3 Å². The van der Waals surface area contributed by atoms with E-state index in [1.807, 2.05) is 18.2 Å². The Labute approximate surface area is 87.1 Å². The molecule has 0 heterocycles. The molecular weight excluding hydrogens is 200 g/mol. The molecule has 72 valence electrons. The van der Waals surface area contributed by atoms with E-state index in [0.29, 0.717) is 10.6 Å². The van der Waals surface area contributed by atoms with Crippen LogP contribution < -0.4 is 0 Å². The number of rotatable bonds is 1. The number of hydrogen-bond donors (Lipinski definition) is 0. The summed E-state index contributed by atoms with van der Waals surface area (Å²) in [6, 6.07) is 3.51. The normalized spacial score (nSPS) is 12.7. The lowest BCUT2D eigenvalue weighted by Crippen LogP contribution is -2.05. The van der Waals surface area contributed by atoms with Crippen LogP contribution in [0.1, 0.15) is 21.5 Å². The lowest BCUT2D eigenvalue weighted by Gasteiger charge is -2.06. The van der Waals surface area contributed by atoms with Crippen LogP contribution in [0.4, 0.5) is 0 Å². The van der Waals surface area contributed by atoms with Crippen molar-refractivity contribution in [3.63, 3.8) is 0 Å². The topological polar surface area (TPSA) is 26.3 Å². The second-order valence-corrected chi connectivity index (χ2v) is 3.56. The van der Waals surface area contributed by atoms with Gasteiger partial charge >= 0.3 is 5.97 Å². The number of allylic oxidation sites excluding steroid dienone is 1. The lowest BCUT2D eigenvalue weighted by molar-refractivity contribution is 0.0599. The minimum absolute atomic E-state index is 0.326. The van der Waals surface area contributed by atoms with E-state index in [0.717, 1.165) is 17.5 Å². The van der Waals surface area contributed by atoms with Crippen molar-refractivity contribution in [1.29, 1.82) is 0 Å². The van der Waals surface area contributed by atoms with E-state index in [-0.39, 0.29) is 5.97 Å². The number of benzene rings is 1. The van der Waals surface area contributed by atoms with E-state index < -0.39 is 0 Å². The van der Waals surface area contributed by atoms with Crippen LogP contribution in [0.3, 0.4) is 0 Å². The number of ether oxygens (including phenoxy) is 1. The number of fused-ring (bicyclic) bond motifs is 1. The van der Waals surface area contributed by atoms with Gasteiger partial charge in [-0.15, -0.1) is 0 Å². The maximum Gasteiger partial charge on any atom is 0.338 e. The van der Waals surface area contributed by atoms with Gasteiger partial charge in [0.15, 0.2) is 0 Å². The summed E-state index contributed by atoms with van der Waals surface area (Å²) < 4.78 is 4.69. The minimum Gasteiger partial charge on any atom is -0.465 e. The third-order valence-corrected chi connectivity index (χ3v) is 2.49. The van der Waals surface area contributed by atoms with Crippen molar-refractivity contribution in [2.45, 2.75) is 6.42 Å². The molecule has 1 aromatic rings. The molecule has 0 aliphatic heterocycles. The maximum absolute atomic E-state index is 11.4. The molecule has 2 rings (SSSR count).